The van der Waals surface area contributed by atoms with Crippen molar-refractivity contribution in [2.24, 2.45) is 11.8 Å². The molecule has 0 aliphatic carbocycles. The molecule has 1 unspecified atom stereocenters. The lowest BCUT2D eigenvalue weighted by molar-refractivity contribution is 0.0912. The summed E-state index contributed by atoms with van der Waals surface area (Å²) in [5.74, 6) is 5.58. The maximum Gasteiger partial charge on any atom is 0.244 e. The molecule has 118 valence electrons. The smallest absolute Gasteiger partial charge is 0.244 e. The average molecular weight is 335 g/mol. The number of aliphatic hydroxyl groups is 1. The van der Waals surface area contributed by atoms with Gasteiger partial charge < -0.3 is 10.5 Å². The second kappa shape index (κ2) is 6.45. The molecule has 1 aromatic heterocycles. The van der Waals surface area contributed by atoms with Crippen molar-refractivity contribution in [2.75, 3.05) is 18.5 Å². The van der Waals surface area contributed by atoms with E-state index in [1.807, 2.05) is 0 Å². The molecular weight excluding hydrogens is 316 g/mol. The SMILES string of the molecule is CC(O)C1CCN(S(=O)(=O)c2cnc(NN)c(Cl)c2)CC1. The Bertz CT molecular complexity index is 601. The molecule has 0 spiro atoms. The first kappa shape index (κ1) is 16.4. The predicted octanol–water partition coefficient (Wildman–Crippen LogP) is 0.802. The minimum Gasteiger partial charge on any atom is -0.393 e. The van der Waals surface area contributed by atoms with Crippen LogP contribution in [-0.4, -0.2) is 42.0 Å². The molecule has 1 fully saturated rings. The average Bonchev–Trinajstić information content (AvgIpc) is 2.47. The van der Waals surface area contributed by atoms with Crippen LogP contribution < -0.4 is 11.3 Å². The molecule has 9 heteroatoms. The maximum absolute atomic E-state index is 12.5. The van der Waals surface area contributed by atoms with Gasteiger partial charge in [0.25, 0.3) is 0 Å². The predicted molar refractivity (Wildman–Crippen MR) is 80.2 cm³/mol. The summed E-state index contributed by atoms with van der Waals surface area (Å²) in [5, 5.41) is 9.71. The van der Waals surface area contributed by atoms with Crippen LogP contribution in [0.5, 0.6) is 0 Å². The Labute approximate surface area is 129 Å². The summed E-state index contributed by atoms with van der Waals surface area (Å²) in [6.07, 6.45) is 2.10. The fourth-order valence-electron chi connectivity index (χ4n) is 2.42. The van der Waals surface area contributed by atoms with Crippen molar-refractivity contribution < 1.29 is 13.5 Å². The first-order chi connectivity index (χ1) is 9.86. The van der Waals surface area contributed by atoms with Gasteiger partial charge in [-0.05, 0) is 31.7 Å². The van der Waals surface area contributed by atoms with Crippen LogP contribution >= 0.6 is 11.6 Å². The molecule has 1 saturated heterocycles. The summed E-state index contributed by atoms with van der Waals surface area (Å²) < 4.78 is 26.5. The monoisotopic (exact) mass is 334 g/mol. The first-order valence-corrected chi connectivity index (χ1v) is 8.48. The molecule has 2 heterocycles. The third-order valence-corrected chi connectivity index (χ3v) is 5.92. The lowest BCUT2D eigenvalue weighted by Gasteiger charge is -2.32. The van der Waals surface area contributed by atoms with Gasteiger partial charge in [0.1, 0.15) is 4.90 Å². The highest BCUT2D eigenvalue weighted by atomic mass is 35.5. The van der Waals surface area contributed by atoms with E-state index in [9.17, 15) is 13.5 Å². The van der Waals surface area contributed by atoms with Crippen LogP contribution in [0.15, 0.2) is 17.2 Å². The number of pyridine rings is 1. The summed E-state index contributed by atoms with van der Waals surface area (Å²) in [4.78, 5) is 3.93. The number of sulfonamides is 1. The minimum atomic E-state index is -3.62. The zero-order valence-electron chi connectivity index (χ0n) is 11.7. The number of hydrazine groups is 1. The van der Waals surface area contributed by atoms with Gasteiger partial charge >= 0.3 is 0 Å². The zero-order chi connectivity index (χ0) is 15.6. The fourth-order valence-corrected chi connectivity index (χ4v) is 4.14. The van der Waals surface area contributed by atoms with E-state index in [-0.39, 0.29) is 21.7 Å². The van der Waals surface area contributed by atoms with E-state index in [1.54, 1.807) is 6.92 Å². The molecule has 0 bridgehead atoms. The molecule has 2 rings (SSSR count). The van der Waals surface area contributed by atoms with E-state index in [1.165, 1.54) is 16.6 Å². The second-order valence-corrected chi connectivity index (χ2v) is 7.47. The molecule has 7 nitrogen and oxygen atoms in total. The number of aromatic nitrogens is 1. The van der Waals surface area contributed by atoms with Crippen LogP contribution in [-0.2, 0) is 10.0 Å². The van der Waals surface area contributed by atoms with Crippen LogP contribution in [0.1, 0.15) is 19.8 Å². The summed E-state index contributed by atoms with van der Waals surface area (Å²) in [6, 6.07) is 1.33. The maximum atomic E-state index is 12.5. The van der Waals surface area contributed by atoms with Crippen molar-refractivity contribution in [3.8, 4) is 0 Å². The number of halogens is 1. The normalized spacial score (nSPS) is 19.4. The number of nitrogens with two attached hydrogens (primary N) is 1. The number of hydrogen-bond acceptors (Lipinski definition) is 6. The summed E-state index contributed by atoms with van der Waals surface area (Å²) in [7, 11) is -3.62. The van der Waals surface area contributed by atoms with Crippen molar-refractivity contribution in [1.82, 2.24) is 9.29 Å². The molecule has 0 radical (unpaired) electrons. The summed E-state index contributed by atoms with van der Waals surface area (Å²) in [6.45, 7) is 2.50. The Balaban J connectivity index is 2.17. The molecule has 0 saturated carbocycles. The number of nitrogens with zero attached hydrogens (tertiary/aromatic N) is 2. The third kappa shape index (κ3) is 3.46. The Kier molecular flexibility index (Phi) is 5.05. The van der Waals surface area contributed by atoms with Crippen molar-refractivity contribution in [2.45, 2.75) is 30.8 Å². The first-order valence-electron chi connectivity index (χ1n) is 6.66. The lowest BCUT2D eigenvalue weighted by atomic mass is 9.93. The standard InChI is InChI=1S/C12H19ClN4O3S/c1-8(18)9-2-4-17(5-3-9)21(19,20)10-6-11(13)12(16-14)15-7-10/h6-9,18H,2-5,14H2,1H3,(H,15,16). The molecular formula is C12H19ClN4O3S. The summed E-state index contributed by atoms with van der Waals surface area (Å²) >= 11 is 5.92. The van der Waals surface area contributed by atoms with Gasteiger partial charge in [-0.3, -0.25) is 0 Å². The number of anilines is 1. The molecule has 1 aliphatic heterocycles. The van der Waals surface area contributed by atoms with Crippen LogP contribution in [0.25, 0.3) is 0 Å². The quantitative estimate of drug-likeness (QED) is 0.555. The van der Waals surface area contributed by atoms with Gasteiger partial charge in [0, 0.05) is 19.3 Å². The molecule has 1 aromatic rings. The van der Waals surface area contributed by atoms with E-state index < -0.39 is 16.1 Å². The number of aliphatic hydroxyl groups excluding tert-OH is 1. The molecule has 1 atom stereocenters. The number of piperidine rings is 1. The van der Waals surface area contributed by atoms with Crippen LogP contribution in [0, 0.1) is 5.92 Å². The van der Waals surface area contributed by atoms with E-state index in [0.29, 0.717) is 25.9 Å². The lowest BCUT2D eigenvalue weighted by Crippen LogP contribution is -2.40. The molecule has 21 heavy (non-hydrogen) atoms. The Morgan fingerprint density at radius 2 is 2.14 bits per heavy atom. The van der Waals surface area contributed by atoms with E-state index in [2.05, 4.69) is 10.4 Å². The van der Waals surface area contributed by atoms with Gasteiger partial charge in [0.15, 0.2) is 5.82 Å². The molecule has 0 amide bonds. The third-order valence-electron chi connectivity index (χ3n) is 3.77. The van der Waals surface area contributed by atoms with E-state index in [0.717, 1.165) is 0 Å². The van der Waals surface area contributed by atoms with Gasteiger partial charge in [-0.2, -0.15) is 4.31 Å². The molecule has 4 N–H and O–H groups in total. The van der Waals surface area contributed by atoms with Crippen molar-refractivity contribution in [3.63, 3.8) is 0 Å². The Hall–Kier alpha value is -0.930. The number of hydrogen-bond donors (Lipinski definition) is 3. The largest absolute Gasteiger partial charge is 0.393 e. The fraction of sp³-hybridized carbons (Fsp3) is 0.583. The van der Waals surface area contributed by atoms with Gasteiger partial charge in [-0.25, -0.2) is 19.2 Å². The van der Waals surface area contributed by atoms with Crippen LogP contribution in [0.4, 0.5) is 5.82 Å². The number of nitrogens with one attached hydrogen (secondary N) is 1. The molecule has 1 aliphatic rings. The molecule has 0 aromatic carbocycles. The minimum absolute atomic E-state index is 0.0435. The highest BCUT2D eigenvalue weighted by Crippen LogP contribution is 2.28. The van der Waals surface area contributed by atoms with Crippen molar-refractivity contribution in [3.05, 3.63) is 17.3 Å². The van der Waals surface area contributed by atoms with Crippen molar-refractivity contribution in [1.29, 1.82) is 0 Å². The van der Waals surface area contributed by atoms with Crippen LogP contribution in [0.3, 0.4) is 0 Å². The van der Waals surface area contributed by atoms with Gasteiger partial charge in [0.05, 0.1) is 11.1 Å². The number of nitrogen functional groups attached to an aromatic ring is 1. The van der Waals surface area contributed by atoms with Crippen LogP contribution in [0.2, 0.25) is 5.02 Å². The van der Waals surface area contributed by atoms with Gasteiger partial charge in [-0.15, -0.1) is 0 Å². The highest BCUT2D eigenvalue weighted by molar-refractivity contribution is 7.89. The van der Waals surface area contributed by atoms with Gasteiger partial charge in [0.2, 0.25) is 10.0 Å². The summed E-state index contributed by atoms with van der Waals surface area (Å²) in [5.41, 5.74) is 2.29. The van der Waals surface area contributed by atoms with Gasteiger partial charge in [-0.1, -0.05) is 11.6 Å². The Morgan fingerprint density at radius 3 is 2.62 bits per heavy atom. The topological polar surface area (TPSA) is 109 Å². The highest BCUT2D eigenvalue weighted by Gasteiger charge is 2.31. The van der Waals surface area contributed by atoms with E-state index >= 15 is 0 Å². The Morgan fingerprint density at radius 1 is 1.52 bits per heavy atom. The second-order valence-electron chi connectivity index (χ2n) is 5.13. The zero-order valence-corrected chi connectivity index (χ0v) is 13.2. The van der Waals surface area contributed by atoms with E-state index in [4.69, 9.17) is 17.4 Å². The van der Waals surface area contributed by atoms with Crippen molar-refractivity contribution >= 4 is 27.4 Å². The number of rotatable bonds is 4.